The van der Waals surface area contributed by atoms with E-state index < -0.39 is 0 Å². The van der Waals surface area contributed by atoms with Crippen molar-refractivity contribution >= 4 is 35.0 Å². The lowest BCUT2D eigenvalue weighted by Gasteiger charge is -2.35. The van der Waals surface area contributed by atoms with Crippen LogP contribution in [0.2, 0.25) is 5.02 Å². The van der Waals surface area contributed by atoms with E-state index in [4.69, 9.17) is 11.6 Å². The highest BCUT2D eigenvalue weighted by molar-refractivity contribution is 6.39. The molecule has 1 aromatic carbocycles. The van der Waals surface area contributed by atoms with Crippen molar-refractivity contribution in [3.63, 3.8) is 0 Å². The molecule has 3 rings (SSSR count). The van der Waals surface area contributed by atoms with E-state index in [0.717, 1.165) is 5.56 Å². The van der Waals surface area contributed by atoms with E-state index in [1.165, 1.54) is 0 Å². The molecule has 0 saturated carbocycles. The van der Waals surface area contributed by atoms with Crippen molar-refractivity contribution < 1.29 is 14.4 Å². The molecule has 0 unspecified atom stereocenters. The fraction of sp³-hybridized carbons (Fsp3) is 0.412. The largest absolute Gasteiger partial charge is 0.339 e. The number of carbonyl (C=O) groups excluding carboxylic acids is 3. The van der Waals surface area contributed by atoms with Crippen LogP contribution in [0.4, 0.5) is 0 Å². The third-order valence-corrected chi connectivity index (χ3v) is 4.55. The second kappa shape index (κ2) is 7.65. The summed E-state index contributed by atoms with van der Waals surface area (Å²) in [5, 5.41) is 4.45. The van der Waals surface area contributed by atoms with Gasteiger partial charge in [-0.2, -0.15) is 5.10 Å². The molecule has 8 heteroatoms. The number of amides is 3. The summed E-state index contributed by atoms with van der Waals surface area (Å²) in [5.41, 5.74) is 3.59. The van der Waals surface area contributed by atoms with Gasteiger partial charge in [-0.15, -0.1) is 0 Å². The second-order valence-corrected chi connectivity index (χ2v) is 6.51. The van der Waals surface area contributed by atoms with Gasteiger partial charge in [-0.1, -0.05) is 23.7 Å². The van der Waals surface area contributed by atoms with Crippen molar-refractivity contribution in [3.05, 3.63) is 34.9 Å². The van der Waals surface area contributed by atoms with Crippen molar-refractivity contribution in [1.82, 2.24) is 15.2 Å². The van der Waals surface area contributed by atoms with Gasteiger partial charge in [0.15, 0.2) is 0 Å². The molecule has 2 aliphatic rings. The number of hydrazone groups is 1. The zero-order valence-electron chi connectivity index (χ0n) is 13.7. The Morgan fingerprint density at radius 2 is 1.84 bits per heavy atom. The van der Waals surface area contributed by atoms with Crippen LogP contribution in [0.5, 0.6) is 0 Å². The standard InChI is InChI=1S/C17H19ClN4O3/c18-13-3-1-2-12(10-13)11-16(24)21-6-8-22(9-7-21)17(25)14-4-5-15(23)20-19-14/h1-3,10H,4-9,11H2,(H,20,23). The zero-order valence-corrected chi connectivity index (χ0v) is 14.5. The molecule has 2 heterocycles. The lowest BCUT2D eigenvalue weighted by atomic mass is 10.1. The molecule has 0 atom stereocenters. The van der Waals surface area contributed by atoms with Crippen LogP contribution < -0.4 is 5.43 Å². The fourth-order valence-electron chi connectivity index (χ4n) is 2.90. The molecule has 0 bridgehead atoms. The highest BCUT2D eigenvalue weighted by atomic mass is 35.5. The van der Waals surface area contributed by atoms with Gasteiger partial charge in [-0.3, -0.25) is 14.4 Å². The van der Waals surface area contributed by atoms with Gasteiger partial charge in [-0.25, -0.2) is 5.43 Å². The lowest BCUT2D eigenvalue weighted by molar-refractivity contribution is -0.136. The first-order valence-corrected chi connectivity index (χ1v) is 8.57. The van der Waals surface area contributed by atoms with Crippen molar-refractivity contribution in [1.29, 1.82) is 0 Å². The maximum absolute atomic E-state index is 12.4. The minimum Gasteiger partial charge on any atom is -0.339 e. The highest BCUT2D eigenvalue weighted by Crippen LogP contribution is 2.13. The molecule has 0 radical (unpaired) electrons. The van der Waals surface area contributed by atoms with Crippen molar-refractivity contribution in [2.45, 2.75) is 19.3 Å². The molecular formula is C17H19ClN4O3. The minimum atomic E-state index is -0.173. The van der Waals surface area contributed by atoms with Crippen LogP contribution in [0.25, 0.3) is 0 Å². The average molecular weight is 363 g/mol. The Kier molecular flexibility index (Phi) is 5.33. The van der Waals surface area contributed by atoms with E-state index in [9.17, 15) is 14.4 Å². The van der Waals surface area contributed by atoms with Gasteiger partial charge in [0.1, 0.15) is 5.71 Å². The minimum absolute atomic E-state index is 0.0247. The maximum atomic E-state index is 12.4. The monoisotopic (exact) mass is 362 g/mol. The normalized spacial score (nSPS) is 17.8. The molecule has 3 amide bonds. The Morgan fingerprint density at radius 1 is 1.12 bits per heavy atom. The summed E-state index contributed by atoms with van der Waals surface area (Å²) in [6.45, 7) is 1.91. The van der Waals surface area contributed by atoms with Crippen LogP contribution in [-0.4, -0.2) is 59.4 Å². The van der Waals surface area contributed by atoms with E-state index in [-0.39, 0.29) is 24.1 Å². The Balaban J connectivity index is 1.52. The summed E-state index contributed by atoms with van der Waals surface area (Å²) in [7, 11) is 0. The van der Waals surface area contributed by atoms with Crippen molar-refractivity contribution in [3.8, 4) is 0 Å². The average Bonchev–Trinajstić information content (AvgIpc) is 2.62. The van der Waals surface area contributed by atoms with Gasteiger partial charge in [0.05, 0.1) is 6.42 Å². The summed E-state index contributed by atoms with van der Waals surface area (Å²) in [6.07, 6.45) is 0.939. The van der Waals surface area contributed by atoms with Crippen LogP contribution >= 0.6 is 11.6 Å². The maximum Gasteiger partial charge on any atom is 0.270 e. The topological polar surface area (TPSA) is 82.1 Å². The van der Waals surface area contributed by atoms with Crippen LogP contribution in [0.1, 0.15) is 18.4 Å². The third-order valence-electron chi connectivity index (χ3n) is 4.32. The van der Waals surface area contributed by atoms with Crippen LogP contribution in [0.15, 0.2) is 29.4 Å². The molecule has 0 aromatic heterocycles. The molecule has 1 fully saturated rings. The van der Waals surface area contributed by atoms with Crippen molar-refractivity contribution in [2.75, 3.05) is 26.2 Å². The first-order valence-electron chi connectivity index (χ1n) is 8.20. The molecule has 2 aliphatic heterocycles. The molecule has 1 N–H and O–H groups in total. The number of rotatable bonds is 3. The Morgan fingerprint density at radius 3 is 2.48 bits per heavy atom. The number of carbonyl (C=O) groups is 3. The van der Waals surface area contributed by atoms with Crippen molar-refractivity contribution in [2.24, 2.45) is 5.10 Å². The van der Waals surface area contributed by atoms with E-state index in [2.05, 4.69) is 10.5 Å². The SMILES string of the molecule is O=C1CCC(C(=O)N2CCN(C(=O)Cc3cccc(Cl)c3)CC2)=NN1. The molecule has 25 heavy (non-hydrogen) atoms. The quantitative estimate of drug-likeness (QED) is 0.864. The van der Waals surface area contributed by atoms with Crippen LogP contribution in [0.3, 0.4) is 0 Å². The van der Waals surface area contributed by atoms with E-state index in [0.29, 0.717) is 49.8 Å². The number of halogens is 1. The van der Waals surface area contributed by atoms with Gasteiger partial charge >= 0.3 is 0 Å². The number of nitrogens with one attached hydrogen (secondary N) is 1. The molecule has 0 spiro atoms. The predicted octanol–water partition coefficient (Wildman–Crippen LogP) is 0.819. The molecule has 1 aromatic rings. The van der Waals surface area contributed by atoms with Crippen LogP contribution in [0, 0.1) is 0 Å². The van der Waals surface area contributed by atoms with E-state index in [1.807, 2.05) is 12.1 Å². The van der Waals surface area contributed by atoms with E-state index >= 15 is 0 Å². The summed E-state index contributed by atoms with van der Waals surface area (Å²) >= 11 is 5.94. The summed E-state index contributed by atoms with van der Waals surface area (Å²) in [5.74, 6) is -0.313. The van der Waals surface area contributed by atoms with Crippen LogP contribution in [-0.2, 0) is 20.8 Å². The summed E-state index contributed by atoms with van der Waals surface area (Å²) in [4.78, 5) is 39.3. The molecule has 7 nitrogen and oxygen atoms in total. The van der Waals surface area contributed by atoms with Gasteiger partial charge < -0.3 is 9.80 Å². The molecule has 1 saturated heterocycles. The number of benzene rings is 1. The van der Waals surface area contributed by atoms with Gasteiger partial charge in [0.25, 0.3) is 5.91 Å². The Bertz CT molecular complexity index is 726. The third kappa shape index (κ3) is 4.36. The number of nitrogens with zero attached hydrogens (tertiary/aromatic N) is 3. The van der Waals surface area contributed by atoms with E-state index in [1.54, 1.807) is 21.9 Å². The predicted molar refractivity (Wildman–Crippen MR) is 93.1 cm³/mol. The molecule has 0 aliphatic carbocycles. The van der Waals surface area contributed by atoms with Gasteiger partial charge in [0.2, 0.25) is 11.8 Å². The zero-order chi connectivity index (χ0) is 17.8. The fourth-order valence-corrected chi connectivity index (χ4v) is 3.12. The highest BCUT2D eigenvalue weighted by Gasteiger charge is 2.28. The van der Waals surface area contributed by atoms with Gasteiger partial charge in [-0.05, 0) is 17.7 Å². The lowest BCUT2D eigenvalue weighted by Crippen LogP contribution is -2.53. The smallest absolute Gasteiger partial charge is 0.270 e. The second-order valence-electron chi connectivity index (χ2n) is 6.07. The van der Waals surface area contributed by atoms with Gasteiger partial charge in [0, 0.05) is 44.0 Å². The number of hydrogen-bond acceptors (Lipinski definition) is 4. The number of hydrogen-bond donors (Lipinski definition) is 1. The first-order chi connectivity index (χ1) is 12.0. The summed E-state index contributed by atoms with van der Waals surface area (Å²) < 4.78 is 0. The summed E-state index contributed by atoms with van der Waals surface area (Å²) in [6, 6.07) is 7.26. The first kappa shape index (κ1) is 17.4. The Hall–Kier alpha value is -2.41. The number of piperazine rings is 1. The Labute approximate surface area is 150 Å². The molecule has 132 valence electrons. The molecular weight excluding hydrogens is 344 g/mol.